The number of para-hydroxylation sites is 1. The molecule has 3 fully saturated rings. The summed E-state index contributed by atoms with van der Waals surface area (Å²) < 4.78 is 49.1. The Bertz CT molecular complexity index is 2240. The van der Waals surface area contributed by atoms with Crippen molar-refractivity contribution >= 4 is 44.7 Å². The zero-order chi connectivity index (χ0) is 38.8. The lowest BCUT2D eigenvalue weighted by Crippen LogP contribution is -2.58. The Morgan fingerprint density at radius 1 is 1.05 bits per heavy atom. The van der Waals surface area contributed by atoms with Gasteiger partial charge in [0.15, 0.2) is 0 Å². The zero-order valence-electron chi connectivity index (χ0n) is 30.5. The number of pyridine rings is 1. The van der Waals surface area contributed by atoms with E-state index in [1.165, 1.54) is 17.0 Å². The fourth-order valence-corrected chi connectivity index (χ4v) is 9.77. The number of ether oxygens (including phenoxy) is 1. The van der Waals surface area contributed by atoms with E-state index in [1.807, 2.05) is 36.4 Å². The van der Waals surface area contributed by atoms with E-state index >= 15 is 0 Å². The van der Waals surface area contributed by atoms with Crippen LogP contribution in [0.25, 0.3) is 22.2 Å². The molecule has 4 amide bonds. The van der Waals surface area contributed by atoms with Crippen LogP contribution in [0.5, 0.6) is 5.75 Å². The van der Waals surface area contributed by atoms with Gasteiger partial charge in [0.25, 0.3) is 5.91 Å². The lowest BCUT2D eigenvalue weighted by Gasteiger charge is -2.37. The van der Waals surface area contributed by atoms with Gasteiger partial charge in [-0.3, -0.25) is 19.1 Å². The van der Waals surface area contributed by atoms with Crippen LogP contribution in [0.2, 0.25) is 0 Å². The van der Waals surface area contributed by atoms with E-state index in [2.05, 4.69) is 15.4 Å². The number of aryl methyl sites for hydroxylation is 1. The molecular weight excluding hydrogens is 730 g/mol. The molecule has 3 aromatic rings. The topological polar surface area (TPSA) is 184 Å². The van der Waals surface area contributed by atoms with Crippen LogP contribution in [0, 0.1) is 11.7 Å². The number of hydrogen-bond donors (Lipinski definition) is 4. The highest BCUT2D eigenvalue weighted by Gasteiger charge is 2.64. The van der Waals surface area contributed by atoms with Crippen molar-refractivity contribution in [1.82, 2.24) is 25.2 Å². The summed E-state index contributed by atoms with van der Waals surface area (Å²) in [7, 11) is -4.02. The number of nitrogens with one attached hydrogen (secondary N) is 3. The molecule has 15 heteroatoms. The second kappa shape index (κ2) is 13.6. The summed E-state index contributed by atoms with van der Waals surface area (Å²) >= 11 is 0. The van der Waals surface area contributed by atoms with Crippen LogP contribution >= 0.6 is 0 Å². The quantitative estimate of drug-likeness (QED) is 0.266. The molecule has 8 rings (SSSR count). The molecule has 1 aromatic heterocycles. The fourth-order valence-electron chi connectivity index (χ4n) is 8.46. The number of carbonyl (C=O) groups is 4. The largest absolute Gasteiger partial charge is 0.483 e. The van der Waals surface area contributed by atoms with Gasteiger partial charge in [-0.2, -0.15) is 0 Å². The van der Waals surface area contributed by atoms with Crippen LogP contribution in [-0.4, -0.2) is 81.7 Å². The van der Waals surface area contributed by atoms with E-state index in [-0.39, 0.29) is 25.8 Å². The summed E-state index contributed by atoms with van der Waals surface area (Å²) in [6.45, 7) is 1.49. The normalized spacial score (nSPS) is 29.3. The number of benzene rings is 2. The molecular formula is C40H44FN5O8S. The highest BCUT2D eigenvalue weighted by molar-refractivity contribution is 7.91. The number of sulfonamides is 1. The summed E-state index contributed by atoms with van der Waals surface area (Å²) in [6, 6.07) is 11.2. The van der Waals surface area contributed by atoms with Crippen LogP contribution in [0.1, 0.15) is 76.7 Å². The first-order chi connectivity index (χ1) is 26.2. The van der Waals surface area contributed by atoms with Gasteiger partial charge < -0.3 is 25.4 Å². The number of aromatic nitrogens is 1. The number of carbonyl (C=O) groups excluding carboxylic acids is 3. The molecule has 0 radical (unpaired) electrons. The number of hydrogen-bond acceptors (Lipinski definition) is 8. The van der Waals surface area contributed by atoms with E-state index in [1.54, 1.807) is 19.1 Å². The lowest BCUT2D eigenvalue weighted by molar-refractivity contribution is -0.141. The summed E-state index contributed by atoms with van der Waals surface area (Å²) in [4.78, 5) is 61.2. The smallest absolute Gasteiger partial charge is 0.405 e. The average molecular weight is 774 g/mol. The predicted octanol–water partition coefficient (Wildman–Crippen LogP) is 4.74. The van der Waals surface area contributed by atoms with Gasteiger partial charge in [-0.25, -0.2) is 22.6 Å². The standard InChI is InChI=1S/C40H44FN5O8S/c1-38(18-19-38)55(52,53)45-36(49)40-21-25(40)11-5-3-2-4-6-15-30(43-37(50)51)35(48)46-23-39(22-31(46)34(47)44-40)17-16-28-27-13-7-8-14-29(27)42-32(33(28)54-39)24-10-9-12-26(41)20-24/h5,7-14,20,25,30-31,43H,2-4,6,15-19,21-23H2,1H3,(H,44,47)(H,45,49)(H,50,51)/b11-5-/t25-,30+,31+,39-,40-/m1/s1. The maximum atomic E-state index is 14.6. The molecule has 2 aromatic carbocycles. The van der Waals surface area contributed by atoms with Crippen LogP contribution in [0.4, 0.5) is 9.18 Å². The highest BCUT2D eigenvalue weighted by Crippen LogP contribution is 2.50. The van der Waals surface area contributed by atoms with Gasteiger partial charge in [-0.05, 0) is 76.5 Å². The molecule has 5 aliphatic rings. The van der Waals surface area contributed by atoms with Gasteiger partial charge in [0.2, 0.25) is 21.8 Å². The first-order valence-corrected chi connectivity index (χ1v) is 20.4. The summed E-state index contributed by atoms with van der Waals surface area (Å²) in [5.74, 6) is -2.62. The summed E-state index contributed by atoms with van der Waals surface area (Å²) in [6.07, 6.45) is 7.09. The molecule has 0 bridgehead atoms. The van der Waals surface area contributed by atoms with Crippen LogP contribution in [0.3, 0.4) is 0 Å². The third-order valence-electron chi connectivity index (χ3n) is 12.1. The Hall–Kier alpha value is -5.05. The minimum atomic E-state index is -4.02. The summed E-state index contributed by atoms with van der Waals surface area (Å²) in [5.41, 5.74) is -0.254. The Labute approximate surface area is 318 Å². The van der Waals surface area contributed by atoms with Crippen LogP contribution in [-0.2, 0) is 30.8 Å². The molecule has 4 N–H and O–H groups in total. The van der Waals surface area contributed by atoms with E-state index in [4.69, 9.17) is 9.72 Å². The van der Waals surface area contributed by atoms with Gasteiger partial charge in [-0.1, -0.05) is 55.3 Å². The van der Waals surface area contributed by atoms with Gasteiger partial charge >= 0.3 is 6.09 Å². The number of halogens is 1. The maximum Gasteiger partial charge on any atom is 0.405 e. The molecule has 290 valence electrons. The molecule has 1 spiro atoms. The molecule has 1 saturated heterocycles. The fraction of sp³-hybridized carbons (Fsp3) is 0.475. The van der Waals surface area contributed by atoms with E-state index in [0.717, 1.165) is 17.4 Å². The van der Waals surface area contributed by atoms with Crippen molar-refractivity contribution in [2.75, 3.05) is 6.54 Å². The molecule has 4 heterocycles. The van der Waals surface area contributed by atoms with Crippen LogP contribution < -0.4 is 20.1 Å². The minimum Gasteiger partial charge on any atom is -0.483 e. The molecule has 2 aliphatic carbocycles. The SMILES string of the molecule is CC1(S(=O)(=O)NC(=O)[C@@]23C[C@H]2/C=C\CCCCC[C@H](NC(=O)O)C(=O)N2C[C@@]4(CCc5c(c(-c6cccc(F)c6)nc6ccccc56)O4)C[C@H]2C(=O)N3)CC1. The van der Waals surface area contributed by atoms with Crippen LogP contribution in [0.15, 0.2) is 60.7 Å². The number of allylic oxidation sites excluding steroid dienone is 1. The van der Waals surface area contributed by atoms with E-state index in [9.17, 15) is 37.1 Å². The van der Waals surface area contributed by atoms with Gasteiger partial charge in [0.05, 0.1) is 16.8 Å². The third-order valence-corrected chi connectivity index (χ3v) is 14.3. The lowest BCUT2D eigenvalue weighted by atomic mass is 9.86. The van der Waals surface area contributed by atoms with E-state index < -0.39 is 73.5 Å². The number of rotatable bonds is 5. The summed E-state index contributed by atoms with van der Waals surface area (Å²) in [5, 5.41) is 15.9. The predicted molar refractivity (Wildman–Crippen MR) is 200 cm³/mol. The molecule has 13 nitrogen and oxygen atoms in total. The minimum absolute atomic E-state index is 0.00615. The Kier molecular flexibility index (Phi) is 9.13. The van der Waals surface area contributed by atoms with E-state index in [0.29, 0.717) is 67.5 Å². The Morgan fingerprint density at radius 2 is 1.85 bits per heavy atom. The molecule has 2 saturated carbocycles. The Balaban J connectivity index is 1.17. The van der Waals surface area contributed by atoms with Crippen molar-refractivity contribution in [1.29, 1.82) is 0 Å². The first kappa shape index (κ1) is 36.9. The van der Waals surface area contributed by atoms with Gasteiger partial charge in [0, 0.05) is 28.9 Å². The highest BCUT2D eigenvalue weighted by atomic mass is 32.2. The third kappa shape index (κ3) is 6.80. The van der Waals surface area contributed by atoms with Gasteiger partial charge in [0.1, 0.15) is 40.5 Å². The average Bonchev–Trinajstić information content (AvgIpc) is 4.04. The number of nitrogens with zero attached hydrogens (tertiary/aromatic N) is 2. The number of fused-ring (bicyclic) bond motifs is 5. The van der Waals surface area contributed by atoms with Crippen molar-refractivity contribution < 1.29 is 41.8 Å². The second-order valence-electron chi connectivity index (χ2n) is 16.0. The molecule has 5 atom stereocenters. The van der Waals surface area contributed by atoms with Crippen molar-refractivity contribution in [3.8, 4) is 17.0 Å². The zero-order valence-corrected chi connectivity index (χ0v) is 31.3. The first-order valence-electron chi connectivity index (χ1n) is 19.0. The van der Waals surface area contributed by atoms with Crippen molar-refractivity contribution in [2.24, 2.45) is 5.92 Å². The van der Waals surface area contributed by atoms with Crippen molar-refractivity contribution in [2.45, 2.75) is 106 Å². The second-order valence-corrected chi connectivity index (χ2v) is 18.2. The van der Waals surface area contributed by atoms with Crippen molar-refractivity contribution in [3.05, 3.63) is 72.1 Å². The number of amides is 4. The molecule has 3 aliphatic heterocycles. The van der Waals surface area contributed by atoms with Gasteiger partial charge in [-0.15, -0.1) is 0 Å². The number of carboxylic acid groups (broad SMARTS) is 1. The molecule has 0 unspecified atom stereocenters. The Morgan fingerprint density at radius 3 is 2.62 bits per heavy atom. The monoisotopic (exact) mass is 773 g/mol. The maximum absolute atomic E-state index is 14.6. The molecule has 55 heavy (non-hydrogen) atoms. The van der Waals surface area contributed by atoms with Crippen molar-refractivity contribution in [3.63, 3.8) is 0 Å².